The van der Waals surface area contributed by atoms with E-state index in [0.717, 1.165) is 40.1 Å². The lowest BCUT2D eigenvalue weighted by Crippen LogP contribution is -2.27. The molecule has 0 radical (unpaired) electrons. The molecule has 1 aliphatic carbocycles. The highest BCUT2D eigenvalue weighted by atomic mass is 16.3. The van der Waals surface area contributed by atoms with Gasteiger partial charge in [0.15, 0.2) is 5.78 Å². The number of fused-ring (bicyclic) bond motifs is 1. The third-order valence-electron chi connectivity index (χ3n) is 5.01. The topological polar surface area (TPSA) is 66.0 Å². The largest absolute Gasteiger partial charge is 0.508 e. The molecule has 0 amide bonds. The highest BCUT2D eigenvalue weighted by Gasteiger charge is 2.35. The number of hydrogen-bond acceptors (Lipinski definition) is 3. The lowest BCUT2D eigenvalue weighted by atomic mass is 9.75. The van der Waals surface area contributed by atoms with Crippen molar-refractivity contribution < 1.29 is 9.90 Å². The van der Waals surface area contributed by atoms with Gasteiger partial charge in [-0.25, -0.2) is 0 Å². The Labute approximate surface area is 152 Å². The lowest BCUT2D eigenvalue weighted by molar-refractivity contribution is 0.0911. The molecule has 0 unspecified atom stereocenters. The number of pyridine rings is 1. The Bertz CT molecular complexity index is 971. The number of phenolic OH excluding ortho intramolecular Hbond substituents is 1. The number of nitrogens with one attached hydrogen (secondary N) is 1. The lowest BCUT2D eigenvalue weighted by Gasteiger charge is -2.28. The second kappa shape index (κ2) is 6.13. The molecular formula is C22H22N2O2. The third kappa shape index (κ3) is 3.03. The van der Waals surface area contributed by atoms with Crippen LogP contribution in [0.5, 0.6) is 5.75 Å². The van der Waals surface area contributed by atoms with Crippen molar-refractivity contribution in [2.75, 3.05) is 0 Å². The van der Waals surface area contributed by atoms with Crippen LogP contribution in [0.4, 0.5) is 0 Å². The van der Waals surface area contributed by atoms with Crippen LogP contribution in [0, 0.1) is 5.41 Å². The van der Waals surface area contributed by atoms with E-state index in [9.17, 15) is 9.90 Å². The molecule has 0 spiro atoms. The molecule has 132 valence electrons. The number of hydrogen-bond donors (Lipinski definition) is 2. The van der Waals surface area contributed by atoms with Crippen molar-refractivity contribution in [3.8, 4) is 17.0 Å². The summed E-state index contributed by atoms with van der Waals surface area (Å²) in [5.41, 5.74) is 5.82. The predicted octanol–water partition coefficient (Wildman–Crippen LogP) is 4.53. The maximum absolute atomic E-state index is 12.9. The molecule has 26 heavy (non-hydrogen) atoms. The number of aromatic amines is 1. The molecule has 0 bridgehead atoms. The number of carbonyl (C=O) groups excluding carboxylic acids is 1. The van der Waals surface area contributed by atoms with Gasteiger partial charge in [0.2, 0.25) is 0 Å². The van der Waals surface area contributed by atoms with E-state index in [2.05, 4.69) is 23.8 Å². The summed E-state index contributed by atoms with van der Waals surface area (Å²) in [5.74, 6) is 0.438. The van der Waals surface area contributed by atoms with Gasteiger partial charge in [0.25, 0.3) is 0 Å². The van der Waals surface area contributed by atoms with Gasteiger partial charge in [-0.05, 0) is 47.2 Å². The Hall–Kier alpha value is -2.88. The van der Waals surface area contributed by atoms with Crippen molar-refractivity contribution in [1.82, 2.24) is 9.97 Å². The first kappa shape index (κ1) is 16.6. The van der Waals surface area contributed by atoms with Crippen molar-refractivity contribution in [2.45, 2.75) is 33.1 Å². The normalized spacial score (nSPS) is 15.7. The Balaban J connectivity index is 1.88. The van der Waals surface area contributed by atoms with Gasteiger partial charge in [0, 0.05) is 42.1 Å². The van der Waals surface area contributed by atoms with E-state index in [1.807, 2.05) is 24.3 Å². The first-order valence-corrected chi connectivity index (χ1v) is 8.88. The molecule has 0 saturated carbocycles. The van der Waals surface area contributed by atoms with E-state index in [0.29, 0.717) is 12.8 Å². The number of nitrogens with zero attached hydrogens (tertiary/aromatic N) is 1. The number of benzene rings is 1. The van der Waals surface area contributed by atoms with Crippen molar-refractivity contribution in [1.29, 1.82) is 0 Å². The van der Waals surface area contributed by atoms with Crippen LogP contribution >= 0.6 is 0 Å². The zero-order chi connectivity index (χ0) is 18.3. The molecular weight excluding hydrogens is 324 g/mol. The fourth-order valence-electron chi connectivity index (χ4n) is 3.94. The number of phenols is 1. The Kier molecular flexibility index (Phi) is 3.91. The van der Waals surface area contributed by atoms with E-state index in [1.54, 1.807) is 24.5 Å². The van der Waals surface area contributed by atoms with Crippen LogP contribution < -0.4 is 0 Å². The summed E-state index contributed by atoms with van der Waals surface area (Å²) in [6, 6.07) is 11.1. The maximum Gasteiger partial charge on any atom is 0.165 e. The van der Waals surface area contributed by atoms with Gasteiger partial charge in [0.1, 0.15) is 5.75 Å². The first-order chi connectivity index (χ1) is 12.4. The highest BCUT2D eigenvalue weighted by Crippen LogP contribution is 2.40. The van der Waals surface area contributed by atoms with Crippen LogP contribution in [0.2, 0.25) is 0 Å². The molecule has 1 aromatic carbocycles. The molecule has 3 aromatic rings. The summed E-state index contributed by atoms with van der Waals surface area (Å²) >= 11 is 0. The number of H-pyrrole nitrogens is 1. The molecule has 2 aromatic heterocycles. The van der Waals surface area contributed by atoms with Gasteiger partial charge in [-0.15, -0.1) is 0 Å². The first-order valence-electron chi connectivity index (χ1n) is 8.88. The zero-order valence-electron chi connectivity index (χ0n) is 15.0. The van der Waals surface area contributed by atoms with E-state index in [-0.39, 0.29) is 16.9 Å². The van der Waals surface area contributed by atoms with Crippen LogP contribution in [0.1, 0.15) is 47.4 Å². The minimum Gasteiger partial charge on any atom is -0.508 e. The molecule has 0 saturated heterocycles. The number of Topliss-reactive ketones (excluding diaryl/α,β-unsaturated/α-hetero) is 1. The van der Waals surface area contributed by atoms with E-state index in [4.69, 9.17) is 0 Å². The van der Waals surface area contributed by atoms with Gasteiger partial charge < -0.3 is 10.1 Å². The number of rotatable bonds is 3. The Morgan fingerprint density at radius 2 is 1.92 bits per heavy atom. The monoisotopic (exact) mass is 346 g/mol. The van der Waals surface area contributed by atoms with Crippen LogP contribution in [0.15, 0.2) is 48.8 Å². The van der Waals surface area contributed by atoms with E-state index in [1.165, 1.54) is 0 Å². The van der Waals surface area contributed by atoms with Gasteiger partial charge in [-0.1, -0.05) is 26.0 Å². The average Bonchev–Trinajstić information content (AvgIpc) is 2.93. The molecule has 2 heterocycles. The summed E-state index contributed by atoms with van der Waals surface area (Å²) < 4.78 is 0. The third-order valence-corrected chi connectivity index (χ3v) is 5.01. The smallest absolute Gasteiger partial charge is 0.165 e. The van der Waals surface area contributed by atoms with Gasteiger partial charge in [-0.2, -0.15) is 0 Å². The molecule has 2 N–H and O–H groups in total. The highest BCUT2D eigenvalue weighted by molar-refractivity contribution is 6.02. The Morgan fingerprint density at radius 3 is 2.65 bits per heavy atom. The minimum atomic E-state index is -0.0350. The van der Waals surface area contributed by atoms with Gasteiger partial charge in [-0.3, -0.25) is 9.78 Å². The number of carbonyl (C=O) groups is 1. The standard InChI is InChI=1S/C22H22N2O2/c1-22(2)12-18-20(19(26)13-22)17(11-14-4-3-5-16(25)10-14)21(24-18)15-6-8-23-9-7-15/h3-10,24-25H,11-13H2,1-2H3. The second-order valence-corrected chi connectivity index (χ2v) is 7.86. The number of aromatic hydroxyl groups is 1. The van der Waals surface area contributed by atoms with Crippen LogP contribution in [-0.2, 0) is 12.8 Å². The van der Waals surface area contributed by atoms with Gasteiger partial charge >= 0.3 is 0 Å². The number of aromatic nitrogens is 2. The average molecular weight is 346 g/mol. The summed E-state index contributed by atoms with van der Waals surface area (Å²) in [6.45, 7) is 4.27. The van der Waals surface area contributed by atoms with Crippen molar-refractivity contribution in [2.24, 2.45) is 5.41 Å². The van der Waals surface area contributed by atoms with E-state index < -0.39 is 0 Å². The van der Waals surface area contributed by atoms with Crippen LogP contribution in [0.25, 0.3) is 11.3 Å². The molecule has 4 rings (SSSR count). The quantitative estimate of drug-likeness (QED) is 0.732. The molecule has 4 nitrogen and oxygen atoms in total. The Morgan fingerprint density at radius 1 is 1.15 bits per heavy atom. The molecule has 4 heteroatoms. The SMILES string of the molecule is CC1(C)CC(=O)c2c([nH]c(-c3ccncc3)c2Cc2cccc(O)c2)C1. The van der Waals surface area contributed by atoms with Crippen LogP contribution in [-0.4, -0.2) is 20.9 Å². The number of ketones is 1. The molecule has 0 aliphatic heterocycles. The van der Waals surface area contributed by atoms with Gasteiger partial charge in [0.05, 0.1) is 5.69 Å². The predicted molar refractivity (Wildman–Crippen MR) is 101 cm³/mol. The van der Waals surface area contributed by atoms with Crippen LogP contribution in [0.3, 0.4) is 0 Å². The summed E-state index contributed by atoms with van der Waals surface area (Å²) in [4.78, 5) is 20.6. The van der Waals surface area contributed by atoms with Crippen molar-refractivity contribution in [3.05, 3.63) is 71.2 Å². The summed E-state index contributed by atoms with van der Waals surface area (Å²) in [7, 11) is 0. The second-order valence-electron chi connectivity index (χ2n) is 7.86. The summed E-state index contributed by atoms with van der Waals surface area (Å²) in [6.07, 6.45) is 5.54. The molecule has 0 atom stereocenters. The fraction of sp³-hybridized carbons (Fsp3) is 0.273. The minimum absolute atomic E-state index is 0.0350. The maximum atomic E-state index is 12.9. The van der Waals surface area contributed by atoms with Crippen molar-refractivity contribution in [3.63, 3.8) is 0 Å². The van der Waals surface area contributed by atoms with Crippen molar-refractivity contribution >= 4 is 5.78 Å². The zero-order valence-corrected chi connectivity index (χ0v) is 15.0. The van der Waals surface area contributed by atoms with E-state index >= 15 is 0 Å². The molecule has 0 fully saturated rings. The molecule has 1 aliphatic rings. The summed E-state index contributed by atoms with van der Waals surface area (Å²) in [5, 5.41) is 9.80. The fourth-order valence-corrected chi connectivity index (χ4v) is 3.94.